The third-order valence-corrected chi connectivity index (χ3v) is 3.66. The number of carbonyl (C=O) groups excluding carboxylic acids is 1. The summed E-state index contributed by atoms with van der Waals surface area (Å²) >= 11 is 0. The van der Waals surface area contributed by atoms with Crippen LogP contribution in [0.3, 0.4) is 0 Å². The summed E-state index contributed by atoms with van der Waals surface area (Å²) in [4.78, 5) is 17.2. The average Bonchev–Trinajstić information content (AvgIpc) is 2.50. The Kier molecular flexibility index (Phi) is 7.00. The Morgan fingerprint density at radius 1 is 1.30 bits per heavy atom. The zero-order valence-electron chi connectivity index (χ0n) is 14.6. The standard InChI is InChI=1S/C17H27FN4O/c1-17(2,13-7-6-8-14(18)11-13)12-21-16(19-3)20-10-9-15(23)22(4)5/h6-8,11H,9-10,12H2,1-5H3,(H2,19,20,21). The molecule has 128 valence electrons. The van der Waals surface area contributed by atoms with Crippen molar-refractivity contribution in [2.75, 3.05) is 34.2 Å². The molecule has 5 nitrogen and oxygen atoms in total. The molecule has 0 spiro atoms. The molecule has 2 N–H and O–H groups in total. The second-order valence-corrected chi connectivity index (χ2v) is 6.28. The third kappa shape index (κ3) is 6.26. The predicted octanol–water partition coefficient (Wildman–Crippen LogP) is 1.75. The van der Waals surface area contributed by atoms with Crippen molar-refractivity contribution in [3.8, 4) is 0 Å². The molecule has 0 aliphatic heterocycles. The van der Waals surface area contributed by atoms with Gasteiger partial charge in [0.15, 0.2) is 5.96 Å². The molecular weight excluding hydrogens is 295 g/mol. The van der Waals surface area contributed by atoms with Crippen molar-refractivity contribution in [3.05, 3.63) is 35.6 Å². The molecule has 1 rings (SSSR count). The first-order valence-corrected chi connectivity index (χ1v) is 7.67. The quantitative estimate of drug-likeness (QED) is 0.620. The number of nitrogens with one attached hydrogen (secondary N) is 2. The van der Waals surface area contributed by atoms with Crippen molar-refractivity contribution in [1.82, 2.24) is 15.5 Å². The molecule has 1 aromatic carbocycles. The topological polar surface area (TPSA) is 56.7 Å². The van der Waals surface area contributed by atoms with Gasteiger partial charge in [0.2, 0.25) is 5.91 Å². The molecule has 0 fully saturated rings. The van der Waals surface area contributed by atoms with Gasteiger partial charge in [-0.2, -0.15) is 0 Å². The number of guanidine groups is 1. The van der Waals surface area contributed by atoms with E-state index in [-0.39, 0.29) is 17.1 Å². The van der Waals surface area contributed by atoms with Crippen LogP contribution in [0.2, 0.25) is 0 Å². The van der Waals surface area contributed by atoms with Crippen molar-refractivity contribution in [2.45, 2.75) is 25.7 Å². The maximum atomic E-state index is 13.4. The van der Waals surface area contributed by atoms with E-state index in [4.69, 9.17) is 0 Å². The van der Waals surface area contributed by atoms with Gasteiger partial charge in [-0.3, -0.25) is 9.79 Å². The molecular formula is C17H27FN4O. The summed E-state index contributed by atoms with van der Waals surface area (Å²) < 4.78 is 13.4. The Hall–Kier alpha value is -2.11. The Morgan fingerprint density at radius 2 is 2.00 bits per heavy atom. The van der Waals surface area contributed by atoms with Crippen LogP contribution in [-0.4, -0.2) is 51.0 Å². The van der Waals surface area contributed by atoms with E-state index < -0.39 is 0 Å². The lowest BCUT2D eigenvalue weighted by Crippen LogP contribution is -2.44. The first-order chi connectivity index (χ1) is 10.8. The zero-order chi connectivity index (χ0) is 17.5. The van der Waals surface area contributed by atoms with E-state index in [1.54, 1.807) is 38.2 Å². The van der Waals surface area contributed by atoms with E-state index in [2.05, 4.69) is 15.6 Å². The second kappa shape index (κ2) is 8.50. The molecule has 0 aliphatic carbocycles. The van der Waals surface area contributed by atoms with Gasteiger partial charge in [0, 0.05) is 46.1 Å². The second-order valence-electron chi connectivity index (χ2n) is 6.28. The summed E-state index contributed by atoms with van der Waals surface area (Å²) in [6, 6.07) is 6.62. The van der Waals surface area contributed by atoms with Crippen LogP contribution in [0.25, 0.3) is 0 Å². The zero-order valence-corrected chi connectivity index (χ0v) is 14.6. The molecule has 0 atom stereocenters. The van der Waals surface area contributed by atoms with Gasteiger partial charge in [0.1, 0.15) is 5.82 Å². The number of amides is 1. The number of hydrogen-bond donors (Lipinski definition) is 2. The Bertz CT molecular complexity index is 555. The number of hydrogen-bond acceptors (Lipinski definition) is 2. The number of carbonyl (C=O) groups is 1. The van der Waals surface area contributed by atoms with Crippen LogP contribution in [0, 0.1) is 5.82 Å². The molecule has 23 heavy (non-hydrogen) atoms. The van der Waals surface area contributed by atoms with Gasteiger partial charge < -0.3 is 15.5 Å². The van der Waals surface area contributed by atoms with E-state index in [1.165, 1.54) is 6.07 Å². The van der Waals surface area contributed by atoms with E-state index in [0.29, 0.717) is 25.5 Å². The minimum absolute atomic E-state index is 0.0630. The minimum atomic E-state index is -0.251. The Balaban J connectivity index is 2.52. The van der Waals surface area contributed by atoms with Crippen molar-refractivity contribution < 1.29 is 9.18 Å². The number of benzene rings is 1. The highest BCUT2D eigenvalue weighted by Gasteiger charge is 2.21. The lowest BCUT2D eigenvalue weighted by atomic mass is 9.84. The number of aliphatic imine (C=N–C) groups is 1. The van der Waals surface area contributed by atoms with E-state index in [0.717, 1.165) is 5.56 Å². The normalized spacial score (nSPS) is 12.0. The fourth-order valence-electron chi connectivity index (χ4n) is 2.05. The van der Waals surface area contributed by atoms with Crippen LogP contribution in [0.4, 0.5) is 4.39 Å². The van der Waals surface area contributed by atoms with Gasteiger partial charge in [0.05, 0.1) is 0 Å². The number of halogens is 1. The summed E-state index contributed by atoms with van der Waals surface area (Å²) in [7, 11) is 5.14. The van der Waals surface area contributed by atoms with Crippen molar-refractivity contribution in [2.24, 2.45) is 4.99 Å². The lowest BCUT2D eigenvalue weighted by molar-refractivity contribution is -0.128. The maximum absolute atomic E-state index is 13.4. The molecule has 1 amide bonds. The molecule has 0 aliphatic rings. The van der Waals surface area contributed by atoms with Gasteiger partial charge in [0.25, 0.3) is 0 Å². The highest BCUT2D eigenvalue weighted by Crippen LogP contribution is 2.22. The first kappa shape index (κ1) is 18.9. The van der Waals surface area contributed by atoms with Crippen LogP contribution in [0.15, 0.2) is 29.3 Å². The van der Waals surface area contributed by atoms with Crippen LogP contribution < -0.4 is 10.6 Å². The summed E-state index contributed by atoms with van der Waals surface area (Å²) in [6.07, 6.45) is 0.404. The van der Waals surface area contributed by atoms with Gasteiger partial charge in [-0.25, -0.2) is 4.39 Å². The molecule has 0 radical (unpaired) electrons. The molecule has 0 heterocycles. The lowest BCUT2D eigenvalue weighted by Gasteiger charge is -2.27. The summed E-state index contributed by atoms with van der Waals surface area (Å²) in [6.45, 7) is 5.18. The van der Waals surface area contributed by atoms with Crippen LogP contribution >= 0.6 is 0 Å². The largest absolute Gasteiger partial charge is 0.356 e. The van der Waals surface area contributed by atoms with Crippen LogP contribution in [0.1, 0.15) is 25.8 Å². The van der Waals surface area contributed by atoms with Crippen molar-refractivity contribution in [1.29, 1.82) is 0 Å². The highest BCUT2D eigenvalue weighted by atomic mass is 19.1. The van der Waals surface area contributed by atoms with Gasteiger partial charge >= 0.3 is 0 Å². The first-order valence-electron chi connectivity index (χ1n) is 7.67. The monoisotopic (exact) mass is 322 g/mol. The van der Waals surface area contributed by atoms with Crippen LogP contribution in [-0.2, 0) is 10.2 Å². The molecule has 6 heteroatoms. The Morgan fingerprint density at radius 3 is 2.57 bits per heavy atom. The number of nitrogens with zero attached hydrogens (tertiary/aromatic N) is 2. The minimum Gasteiger partial charge on any atom is -0.356 e. The molecule has 0 aromatic heterocycles. The maximum Gasteiger partial charge on any atom is 0.223 e. The molecule has 0 unspecified atom stereocenters. The van der Waals surface area contributed by atoms with Crippen molar-refractivity contribution in [3.63, 3.8) is 0 Å². The molecule has 0 saturated heterocycles. The van der Waals surface area contributed by atoms with Crippen molar-refractivity contribution >= 4 is 11.9 Å². The molecule has 0 saturated carbocycles. The van der Waals surface area contributed by atoms with Crippen LogP contribution in [0.5, 0.6) is 0 Å². The van der Waals surface area contributed by atoms with E-state index in [9.17, 15) is 9.18 Å². The average molecular weight is 322 g/mol. The summed E-state index contributed by atoms with van der Waals surface area (Å²) in [5.41, 5.74) is 0.669. The fourth-order valence-corrected chi connectivity index (χ4v) is 2.05. The summed E-state index contributed by atoms with van der Waals surface area (Å²) in [5, 5.41) is 6.33. The van der Waals surface area contributed by atoms with E-state index >= 15 is 0 Å². The van der Waals surface area contributed by atoms with Gasteiger partial charge in [-0.1, -0.05) is 26.0 Å². The summed E-state index contributed by atoms with van der Waals surface area (Å²) in [5.74, 6) is 0.453. The number of rotatable bonds is 6. The van der Waals surface area contributed by atoms with Gasteiger partial charge in [-0.15, -0.1) is 0 Å². The predicted molar refractivity (Wildman–Crippen MR) is 92.1 cm³/mol. The van der Waals surface area contributed by atoms with E-state index in [1.807, 2.05) is 19.9 Å². The highest BCUT2D eigenvalue weighted by molar-refractivity contribution is 5.81. The molecule has 0 bridgehead atoms. The Labute approximate surface area is 138 Å². The SMILES string of the molecule is CN=C(NCCC(=O)N(C)C)NCC(C)(C)c1cccc(F)c1. The fraction of sp³-hybridized carbons (Fsp3) is 0.529. The van der Waals surface area contributed by atoms with Gasteiger partial charge in [-0.05, 0) is 17.7 Å². The molecule has 1 aromatic rings. The smallest absolute Gasteiger partial charge is 0.223 e. The third-order valence-electron chi connectivity index (χ3n) is 3.66.